The van der Waals surface area contributed by atoms with Crippen molar-refractivity contribution >= 4 is 23.4 Å². The van der Waals surface area contributed by atoms with Crippen LogP contribution in [-0.4, -0.2) is 43.6 Å². The molecule has 8 heteroatoms. The van der Waals surface area contributed by atoms with Crippen LogP contribution in [0.3, 0.4) is 0 Å². The molecule has 2 rings (SSSR count). The number of hydrogen-bond acceptors (Lipinski definition) is 5. The predicted octanol–water partition coefficient (Wildman–Crippen LogP) is 3.01. The zero-order valence-electron chi connectivity index (χ0n) is 15.5. The molecule has 0 bridgehead atoms. The lowest BCUT2D eigenvalue weighted by molar-refractivity contribution is -0.129. The number of ether oxygens (including phenoxy) is 2. The van der Waals surface area contributed by atoms with Crippen LogP contribution >= 0.6 is 11.6 Å². The molecule has 2 aromatic carbocycles. The number of nitrogens with one attached hydrogen (secondary N) is 2. The minimum atomic E-state index is -0.529. The lowest BCUT2D eigenvalue weighted by atomic mass is 10.0. The Morgan fingerprint density at radius 3 is 2.25 bits per heavy atom. The number of benzene rings is 2. The number of carbonyl (C=O) groups is 2. The van der Waals surface area contributed by atoms with Gasteiger partial charge in [0, 0.05) is 24.1 Å². The van der Waals surface area contributed by atoms with Crippen LogP contribution in [0.1, 0.15) is 23.2 Å². The molecule has 1 unspecified atom stereocenters. The fourth-order valence-electron chi connectivity index (χ4n) is 2.56. The van der Waals surface area contributed by atoms with E-state index in [2.05, 4.69) is 5.32 Å². The first-order valence-corrected chi connectivity index (χ1v) is 9.07. The molecule has 0 aliphatic rings. The van der Waals surface area contributed by atoms with Crippen LogP contribution in [0.4, 0.5) is 0 Å². The second-order valence-corrected chi connectivity index (χ2v) is 6.54. The summed E-state index contributed by atoms with van der Waals surface area (Å²) in [5, 5.41) is 12.1. The van der Waals surface area contributed by atoms with Crippen LogP contribution in [0.5, 0.6) is 0 Å². The SMILES string of the molecule is COCOCC(CCC(=O)NO)NC(=O)c1ccc(-c2ccc(Cl)cc2)cc1. The molecular weight excluding hydrogens is 384 g/mol. The van der Waals surface area contributed by atoms with Gasteiger partial charge in [0.15, 0.2) is 0 Å². The summed E-state index contributed by atoms with van der Waals surface area (Å²) >= 11 is 5.90. The smallest absolute Gasteiger partial charge is 0.251 e. The summed E-state index contributed by atoms with van der Waals surface area (Å²) in [6.07, 6.45) is 0.359. The topological polar surface area (TPSA) is 96.9 Å². The molecular formula is C20H23ClN2O5. The van der Waals surface area contributed by atoms with Gasteiger partial charge in [-0.15, -0.1) is 0 Å². The van der Waals surface area contributed by atoms with E-state index in [9.17, 15) is 9.59 Å². The Bertz CT molecular complexity index is 765. The van der Waals surface area contributed by atoms with Gasteiger partial charge in [0.05, 0.1) is 12.6 Å². The van der Waals surface area contributed by atoms with Crippen molar-refractivity contribution in [3.8, 4) is 11.1 Å². The van der Waals surface area contributed by atoms with Crippen molar-refractivity contribution in [1.29, 1.82) is 0 Å². The van der Waals surface area contributed by atoms with E-state index in [0.717, 1.165) is 11.1 Å². The van der Waals surface area contributed by atoms with Gasteiger partial charge >= 0.3 is 0 Å². The lowest BCUT2D eigenvalue weighted by Crippen LogP contribution is -2.39. The second kappa shape index (κ2) is 11.4. The van der Waals surface area contributed by atoms with Gasteiger partial charge in [-0.25, -0.2) is 5.48 Å². The Morgan fingerprint density at radius 2 is 1.68 bits per heavy atom. The maximum absolute atomic E-state index is 12.5. The molecule has 0 aromatic heterocycles. The van der Waals surface area contributed by atoms with E-state index in [1.807, 2.05) is 36.4 Å². The standard InChI is InChI=1S/C20H23ClN2O5/c1-27-13-28-12-18(10-11-19(24)23-26)22-20(25)16-4-2-14(3-5-16)15-6-8-17(21)9-7-15/h2-9,18,26H,10-13H2,1H3,(H,22,25)(H,23,24). The summed E-state index contributed by atoms with van der Waals surface area (Å²) in [5.74, 6) is -0.809. The fourth-order valence-corrected chi connectivity index (χ4v) is 2.68. The highest BCUT2D eigenvalue weighted by molar-refractivity contribution is 6.30. The lowest BCUT2D eigenvalue weighted by Gasteiger charge is -2.18. The predicted molar refractivity (Wildman–Crippen MR) is 105 cm³/mol. The van der Waals surface area contributed by atoms with Crippen LogP contribution in [0, 0.1) is 0 Å². The minimum absolute atomic E-state index is 0.0489. The fraction of sp³-hybridized carbons (Fsp3) is 0.300. The zero-order chi connectivity index (χ0) is 20.4. The second-order valence-electron chi connectivity index (χ2n) is 6.11. The molecule has 1 atom stereocenters. The normalized spacial score (nSPS) is 11.7. The van der Waals surface area contributed by atoms with Crippen molar-refractivity contribution in [2.45, 2.75) is 18.9 Å². The van der Waals surface area contributed by atoms with Gasteiger partial charge in [0.1, 0.15) is 6.79 Å². The van der Waals surface area contributed by atoms with Gasteiger partial charge < -0.3 is 14.8 Å². The molecule has 28 heavy (non-hydrogen) atoms. The van der Waals surface area contributed by atoms with E-state index >= 15 is 0 Å². The molecule has 0 aliphatic carbocycles. The highest BCUT2D eigenvalue weighted by Crippen LogP contribution is 2.22. The molecule has 2 amide bonds. The Morgan fingerprint density at radius 1 is 1.07 bits per heavy atom. The number of hydrogen-bond donors (Lipinski definition) is 3. The van der Waals surface area contributed by atoms with E-state index in [-0.39, 0.29) is 25.7 Å². The number of halogens is 1. The molecule has 0 fully saturated rings. The van der Waals surface area contributed by atoms with Crippen molar-refractivity contribution in [3.63, 3.8) is 0 Å². The molecule has 3 N–H and O–H groups in total. The van der Waals surface area contributed by atoms with E-state index < -0.39 is 11.9 Å². The van der Waals surface area contributed by atoms with Gasteiger partial charge in [-0.1, -0.05) is 35.9 Å². The third-order valence-corrected chi connectivity index (χ3v) is 4.28. The van der Waals surface area contributed by atoms with Gasteiger partial charge in [-0.2, -0.15) is 0 Å². The molecule has 150 valence electrons. The molecule has 2 aromatic rings. The molecule has 7 nitrogen and oxygen atoms in total. The minimum Gasteiger partial charge on any atom is -0.359 e. The molecule has 0 heterocycles. The summed E-state index contributed by atoms with van der Waals surface area (Å²) in [6, 6.07) is 14.2. The summed E-state index contributed by atoms with van der Waals surface area (Å²) < 4.78 is 10.1. The summed E-state index contributed by atoms with van der Waals surface area (Å²) in [5.41, 5.74) is 4.02. The number of amides is 2. The molecule has 0 saturated heterocycles. The Kier molecular flexibility index (Phi) is 8.90. The Balaban J connectivity index is 2.00. The number of hydroxylamine groups is 1. The molecule has 0 saturated carbocycles. The number of carbonyl (C=O) groups excluding carboxylic acids is 2. The van der Waals surface area contributed by atoms with Crippen molar-refractivity contribution in [2.24, 2.45) is 0 Å². The zero-order valence-corrected chi connectivity index (χ0v) is 16.2. The van der Waals surface area contributed by atoms with Crippen LogP contribution in [-0.2, 0) is 14.3 Å². The number of methoxy groups -OCH3 is 1. The Labute approximate surface area is 168 Å². The summed E-state index contributed by atoms with van der Waals surface area (Å²) in [4.78, 5) is 23.8. The third-order valence-electron chi connectivity index (χ3n) is 4.02. The first-order chi connectivity index (χ1) is 13.5. The molecule has 0 aliphatic heterocycles. The molecule has 0 radical (unpaired) electrons. The Hall–Kier alpha value is -2.45. The van der Waals surface area contributed by atoms with Gasteiger partial charge in [0.25, 0.3) is 5.91 Å². The van der Waals surface area contributed by atoms with Crippen molar-refractivity contribution in [2.75, 3.05) is 20.5 Å². The third kappa shape index (κ3) is 6.94. The van der Waals surface area contributed by atoms with E-state index in [1.54, 1.807) is 17.6 Å². The van der Waals surface area contributed by atoms with Crippen LogP contribution in [0.15, 0.2) is 48.5 Å². The number of rotatable bonds is 10. The van der Waals surface area contributed by atoms with Crippen LogP contribution in [0.2, 0.25) is 5.02 Å². The van der Waals surface area contributed by atoms with Crippen molar-refractivity contribution in [1.82, 2.24) is 10.8 Å². The average molecular weight is 407 g/mol. The van der Waals surface area contributed by atoms with E-state index in [0.29, 0.717) is 17.0 Å². The summed E-state index contributed by atoms with van der Waals surface area (Å²) in [7, 11) is 1.50. The van der Waals surface area contributed by atoms with Gasteiger partial charge in [-0.3, -0.25) is 14.8 Å². The van der Waals surface area contributed by atoms with Crippen molar-refractivity contribution in [3.05, 3.63) is 59.1 Å². The van der Waals surface area contributed by atoms with Crippen LogP contribution < -0.4 is 10.8 Å². The quantitative estimate of drug-likeness (QED) is 0.244. The van der Waals surface area contributed by atoms with E-state index in [1.165, 1.54) is 7.11 Å². The largest absolute Gasteiger partial charge is 0.359 e. The maximum atomic E-state index is 12.5. The highest BCUT2D eigenvalue weighted by Gasteiger charge is 2.16. The van der Waals surface area contributed by atoms with Crippen LogP contribution in [0.25, 0.3) is 11.1 Å². The van der Waals surface area contributed by atoms with Gasteiger partial charge in [-0.05, 0) is 41.8 Å². The van der Waals surface area contributed by atoms with Gasteiger partial charge in [0.2, 0.25) is 5.91 Å². The summed E-state index contributed by atoms with van der Waals surface area (Å²) in [6.45, 7) is 0.259. The monoisotopic (exact) mass is 406 g/mol. The average Bonchev–Trinajstić information content (AvgIpc) is 2.72. The highest BCUT2D eigenvalue weighted by atomic mass is 35.5. The maximum Gasteiger partial charge on any atom is 0.251 e. The molecule has 0 spiro atoms. The first-order valence-electron chi connectivity index (χ1n) is 8.70. The first kappa shape index (κ1) is 21.8. The van der Waals surface area contributed by atoms with Crippen molar-refractivity contribution < 1.29 is 24.3 Å². The van der Waals surface area contributed by atoms with E-state index in [4.69, 9.17) is 26.3 Å².